The number of carbonyl (C=O) groups excluding carboxylic acids is 1. The Hall–Kier alpha value is -2.60. The molecule has 1 fully saturated rings. The van der Waals surface area contributed by atoms with Crippen LogP contribution in [0.5, 0.6) is 0 Å². The highest BCUT2D eigenvalue weighted by Crippen LogP contribution is 2.28. The molecule has 1 aliphatic rings. The molecule has 0 atom stereocenters. The molecule has 2 aromatic heterocycles. The largest absolute Gasteiger partial charge is 0.352 e. The van der Waals surface area contributed by atoms with E-state index in [4.69, 9.17) is 0 Å². The van der Waals surface area contributed by atoms with Crippen LogP contribution in [0, 0.1) is 0 Å². The second-order valence-electron chi connectivity index (χ2n) is 7.42. The summed E-state index contributed by atoms with van der Waals surface area (Å²) in [5.41, 5.74) is 2.00. The smallest absolute Gasteiger partial charge is 0.274 e. The molecule has 0 saturated carbocycles. The molecule has 6 heteroatoms. The van der Waals surface area contributed by atoms with E-state index in [1.165, 1.54) is 30.5 Å². The molecule has 1 aliphatic heterocycles. The van der Waals surface area contributed by atoms with Crippen LogP contribution in [0.4, 0.5) is 0 Å². The molecule has 4 rings (SSSR count). The number of amides is 1. The number of pyridine rings is 1. The van der Waals surface area contributed by atoms with Crippen molar-refractivity contribution >= 4 is 27.7 Å². The van der Waals surface area contributed by atoms with Gasteiger partial charge in [-0.1, -0.05) is 18.2 Å². The Morgan fingerprint density at radius 2 is 1.89 bits per heavy atom. The number of hydrogen-bond donors (Lipinski definition) is 1. The molecule has 3 aromatic rings. The number of hydrogen-bond acceptors (Lipinski definition) is 3. The lowest BCUT2D eigenvalue weighted by Crippen LogP contribution is -2.30. The fraction of sp³-hybridized carbons (Fsp3) is 0.429. The first-order valence-electron chi connectivity index (χ1n) is 9.65. The zero-order valence-corrected chi connectivity index (χ0v) is 16.0. The van der Waals surface area contributed by atoms with Crippen molar-refractivity contribution in [2.24, 2.45) is 14.1 Å². The van der Waals surface area contributed by atoms with Crippen LogP contribution in [0.25, 0.3) is 21.8 Å². The van der Waals surface area contributed by atoms with Crippen molar-refractivity contribution in [1.82, 2.24) is 19.4 Å². The number of carbonyl (C=O) groups is 1. The quantitative estimate of drug-likeness (QED) is 0.705. The molecule has 6 nitrogen and oxygen atoms in total. The van der Waals surface area contributed by atoms with Gasteiger partial charge < -0.3 is 19.4 Å². The zero-order chi connectivity index (χ0) is 19.0. The zero-order valence-electron chi connectivity index (χ0n) is 16.0. The van der Waals surface area contributed by atoms with Crippen molar-refractivity contribution in [2.75, 3.05) is 26.2 Å². The van der Waals surface area contributed by atoms with Crippen LogP contribution in [0.15, 0.2) is 35.3 Å². The molecular formula is C21H26N4O2. The van der Waals surface area contributed by atoms with Crippen molar-refractivity contribution in [1.29, 1.82) is 0 Å². The lowest BCUT2D eigenvalue weighted by molar-refractivity contribution is 0.0953. The average molecular weight is 366 g/mol. The molecule has 0 bridgehead atoms. The van der Waals surface area contributed by atoms with Crippen molar-refractivity contribution in [2.45, 2.75) is 19.3 Å². The number of aryl methyl sites for hydroxylation is 2. The van der Waals surface area contributed by atoms with Crippen LogP contribution in [-0.2, 0) is 14.1 Å². The van der Waals surface area contributed by atoms with Crippen molar-refractivity contribution in [3.63, 3.8) is 0 Å². The van der Waals surface area contributed by atoms with Crippen molar-refractivity contribution in [3.8, 4) is 0 Å². The third kappa shape index (κ3) is 3.14. The average Bonchev–Trinajstić information content (AvgIpc) is 3.29. The summed E-state index contributed by atoms with van der Waals surface area (Å²) < 4.78 is 3.39. The fourth-order valence-corrected chi connectivity index (χ4v) is 4.18. The van der Waals surface area contributed by atoms with Crippen LogP contribution < -0.4 is 10.9 Å². The summed E-state index contributed by atoms with van der Waals surface area (Å²) >= 11 is 0. The van der Waals surface area contributed by atoms with Gasteiger partial charge >= 0.3 is 0 Å². The molecule has 1 N–H and O–H groups in total. The van der Waals surface area contributed by atoms with Gasteiger partial charge in [-0.25, -0.2) is 0 Å². The van der Waals surface area contributed by atoms with Crippen LogP contribution >= 0.6 is 0 Å². The summed E-state index contributed by atoms with van der Waals surface area (Å²) in [6, 6.07) is 7.84. The van der Waals surface area contributed by atoms with Crippen LogP contribution in [0.1, 0.15) is 29.6 Å². The Bertz CT molecular complexity index is 1060. The first kappa shape index (κ1) is 17.8. The van der Waals surface area contributed by atoms with Gasteiger partial charge in [0.2, 0.25) is 0 Å². The molecule has 1 amide bonds. The van der Waals surface area contributed by atoms with Crippen molar-refractivity contribution in [3.05, 3.63) is 46.4 Å². The highest BCUT2D eigenvalue weighted by Gasteiger charge is 2.20. The van der Waals surface area contributed by atoms with Gasteiger partial charge in [0.05, 0.1) is 5.56 Å². The molecule has 0 spiro atoms. The van der Waals surface area contributed by atoms with E-state index in [0.717, 1.165) is 29.3 Å². The number of para-hydroxylation sites is 1. The normalized spacial score (nSPS) is 15.0. The van der Waals surface area contributed by atoms with Gasteiger partial charge in [0.25, 0.3) is 11.5 Å². The van der Waals surface area contributed by atoms with E-state index in [-0.39, 0.29) is 11.5 Å². The Kier molecular flexibility index (Phi) is 4.74. The third-order valence-electron chi connectivity index (χ3n) is 5.60. The molecule has 3 heterocycles. The minimum atomic E-state index is -0.117. The lowest BCUT2D eigenvalue weighted by Gasteiger charge is -2.14. The minimum Gasteiger partial charge on any atom is -0.352 e. The van der Waals surface area contributed by atoms with Gasteiger partial charge in [-0.3, -0.25) is 9.59 Å². The first-order valence-corrected chi connectivity index (χ1v) is 9.65. The Morgan fingerprint density at radius 1 is 1.15 bits per heavy atom. The first-order chi connectivity index (χ1) is 13.1. The van der Waals surface area contributed by atoms with E-state index < -0.39 is 0 Å². The van der Waals surface area contributed by atoms with Gasteiger partial charge in [0.15, 0.2) is 0 Å². The molecule has 1 saturated heterocycles. The van der Waals surface area contributed by atoms with Crippen LogP contribution in [0.2, 0.25) is 0 Å². The maximum absolute atomic E-state index is 12.9. The van der Waals surface area contributed by atoms with Crippen LogP contribution in [-0.4, -0.2) is 46.1 Å². The molecule has 0 radical (unpaired) electrons. The van der Waals surface area contributed by atoms with E-state index in [9.17, 15) is 9.59 Å². The number of nitrogens with zero attached hydrogens (tertiary/aromatic N) is 3. The SMILES string of the molecule is Cn1cc(C(=O)NCCCN2CCCC2)c2c3ccccc3n(C)c2c1=O. The Morgan fingerprint density at radius 3 is 2.67 bits per heavy atom. The second kappa shape index (κ2) is 7.19. The highest BCUT2D eigenvalue weighted by atomic mass is 16.2. The van der Waals surface area contributed by atoms with E-state index in [1.807, 2.05) is 35.9 Å². The molecular weight excluding hydrogens is 340 g/mol. The second-order valence-corrected chi connectivity index (χ2v) is 7.42. The predicted molar refractivity (Wildman–Crippen MR) is 108 cm³/mol. The van der Waals surface area contributed by atoms with E-state index in [0.29, 0.717) is 17.6 Å². The van der Waals surface area contributed by atoms with Gasteiger partial charge in [-0.2, -0.15) is 0 Å². The Balaban J connectivity index is 1.64. The van der Waals surface area contributed by atoms with E-state index in [2.05, 4.69) is 10.2 Å². The van der Waals surface area contributed by atoms with Gasteiger partial charge in [-0.15, -0.1) is 0 Å². The van der Waals surface area contributed by atoms with Crippen LogP contribution in [0.3, 0.4) is 0 Å². The number of nitrogens with one attached hydrogen (secondary N) is 1. The Labute approximate surface area is 158 Å². The van der Waals surface area contributed by atoms with E-state index >= 15 is 0 Å². The lowest BCUT2D eigenvalue weighted by atomic mass is 10.1. The molecule has 27 heavy (non-hydrogen) atoms. The summed E-state index contributed by atoms with van der Waals surface area (Å²) in [4.78, 5) is 28.1. The molecule has 142 valence electrons. The maximum Gasteiger partial charge on any atom is 0.274 e. The fourth-order valence-electron chi connectivity index (χ4n) is 4.18. The van der Waals surface area contributed by atoms with Gasteiger partial charge in [0, 0.05) is 43.1 Å². The van der Waals surface area contributed by atoms with Gasteiger partial charge in [0.1, 0.15) is 5.52 Å². The number of fused-ring (bicyclic) bond motifs is 3. The minimum absolute atomic E-state index is 0.0886. The summed E-state index contributed by atoms with van der Waals surface area (Å²) in [6.07, 6.45) is 5.16. The topological polar surface area (TPSA) is 59.3 Å². The molecule has 1 aromatic carbocycles. The highest BCUT2D eigenvalue weighted by molar-refractivity contribution is 6.17. The predicted octanol–water partition coefficient (Wildman–Crippen LogP) is 2.25. The summed E-state index contributed by atoms with van der Waals surface area (Å²) in [7, 11) is 3.58. The molecule has 0 aliphatic carbocycles. The van der Waals surface area contributed by atoms with Crippen molar-refractivity contribution < 1.29 is 4.79 Å². The number of likely N-dealkylation sites (tertiary alicyclic amines) is 1. The summed E-state index contributed by atoms with van der Waals surface area (Å²) in [5, 5.41) is 4.73. The van der Waals surface area contributed by atoms with E-state index in [1.54, 1.807) is 13.2 Å². The summed E-state index contributed by atoms with van der Waals surface area (Å²) in [5.74, 6) is -0.117. The number of rotatable bonds is 5. The molecule has 0 unspecified atom stereocenters. The number of aromatic nitrogens is 2. The summed E-state index contributed by atoms with van der Waals surface area (Å²) in [6.45, 7) is 4.01. The third-order valence-corrected chi connectivity index (χ3v) is 5.60. The number of benzene rings is 1. The van der Waals surface area contributed by atoms with Gasteiger partial charge in [-0.05, 0) is 45.0 Å². The standard InChI is InChI=1S/C21H26N4O2/c1-23-14-16(20(26)22-10-7-13-25-11-5-6-12-25)18-15-8-3-4-9-17(15)24(2)19(18)21(23)27/h3-4,8-9,14H,5-7,10-13H2,1-2H3,(H,22,26). The maximum atomic E-state index is 12.9. The monoisotopic (exact) mass is 366 g/mol.